The van der Waals surface area contributed by atoms with E-state index < -0.39 is 6.23 Å². The maximum Gasteiger partial charge on any atom is 0.283 e. The van der Waals surface area contributed by atoms with Gasteiger partial charge in [0.2, 0.25) is 0 Å². The Labute approximate surface area is 122 Å². The van der Waals surface area contributed by atoms with Gasteiger partial charge in [-0.25, -0.2) is 9.88 Å². The molecule has 1 fully saturated rings. The fourth-order valence-electron chi connectivity index (χ4n) is 3.41. The average molecular weight is 284 g/mol. The van der Waals surface area contributed by atoms with Crippen molar-refractivity contribution in [3.63, 3.8) is 0 Å². The third-order valence-electron chi connectivity index (χ3n) is 4.46. The molecule has 1 aromatic heterocycles. The van der Waals surface area contributed by atoms with Crippen molar-refractivity contribution < 1.29 is 14.9 Å². The molecule has 0 bridgehead atoms. The highest BCUT2D eigenvalue weighted by Gasteiger charge is 2.43. The maximum absolute atomic E-state index is 12.2. The summed E-state index contributed by atoms with van der Waals surface area (Å²) in [5.41, 5.74) is 2.93. The third kappa shape index (κ3) is 1.88. The van der Waals surface area contributed by atoms with Crippen LogP contribution in [-0.2, 0) is 4.79 Å². The Balaban J connectivity index is 1.96. The first-order valence-corrected chi connectivity index (χ1v) is 7.35. The number of amides is 1. The number of aromatic nitrogens is 1. The summed E-state index contributed by atoms with van der Waals surface area (Å²) < 4.78 is 0. The van der Waals surface area contributed by atoms with Gasteiger partial charge in [0.05, 0.1) is 12.1 Å². The summed E-state index contributed by atoms with van der Waals surface area (Å²) in [5.74, 6) is 0.768. The van der Waals surface area contributed by atoms with Crippen LogP contribution in [0.2, 0.25) is 0 Å². The molecular weight excluding hydrogens is 266 g/mol. The van der Waals surface area contributed by atoms with E-state index in [0.29, 0.717) is 0 Å². The minimum atomic E-state index is -0.959. The van der Waals surface area contributed by atoms with E-state index in [0.717, 1.165) is 41.7 Å². The van der Waals surface area contributed by atoms with Gasteiger partial charge in [-0.3, -0.25) is 4.79 Å². The molecule has 2 atom stereocenters. The number of nitrogens with zero attached hydrogens (tertiary/aromatic N) is 1. The minimum absolute atomic E-state index is 0.0927. The Kier molecular flexibility index (Phi) is 2.65. The second-order valence-electron chi connectivity index (χ2n) is 5.93. The summed E-state index contributed by atoms with van der Waals surface area (Å²) >= 11 is 0. The number of benzene rings is 1. The lowest BCUT2D eigenvalue weighted by atomic mass is 10.1. The van der Waals surface area contributed by atoms with Crippen molar-refractivity contribution in [1.82, 2.24) is 5.32 Å². The smallest absolute Gasteiger partial charge is 0.283 e. The second-order valence-corrected chi connectivity index (χ2v) is 5.93. The van der Waals surface area contributed by atoms with Crippen LogP contribution in [0.25, 0.3) is 10.9 Å². The number of rotatable bonds is 0. The molecule has 0 spiro atoms. The van der Waals surface area contributed by atoms with E-state index in [9.17, 15) is 9.90 Å². The summed E-state index contributed by atoms with van der Waals surface area (Å²) in [6.45, 7) is 2.88. The number of aliphatic hydroxyl groups is 1. The van der Waals surface area contributed by atoms with Gasteiger partial charge in [0.15, 0.2) is 12.3 Å². The van der Waals surface area contributed by atoms with Crippen LogP contribution in [0.4, 0.5) is 5.82 Å². The highest BCUT2D eigenvalue weighted by atomic mass is 16.3. The van der Waals surface area contributed by atoms with E-state index in [4.69, 9.17) is 0 Å². The zero-order valence-corrected chi connectivity index (χ0v) is 11.9. The highest BCUT2D eigenvalue weighted by molar-refractivity contribution is 5.88. The van der Waals surface area contributed by atoms with Crippen molar-refractivity contribution in [3.8, 4) is 0 Å². The highest BCUT2D eigenvalue weighted by Crippen LogP contribution is 2.32. The molecule has 0 aliphatic carbocycles. The van der Waals surface area contributed by atoms with Gasteiger partial charge in [-0.2, -0.15) is 0 Å². The Morgan fingerprint density at radius 2 is 2.24 bits per heavy atom. The van der Waals surface area contributed by atoms with Crippen LogP contribution in [0.5, 0.6) is 0 Å². The Bertz CT molecular complexity index is 744. The number of pyridine rings is 1. The molecule has 0 radical (unpaired) electrons. The zero-order chi connectivity index (χ0) is 14.6. The second kappa shape index (κ2) is 4.43. The lowest BCUT2D eigenvalue weighted by Gasteiger charge is -2.16. The van der Waals surface area contributed by atoms with Crippen LogP contribution in [0, 0.1) is 6.92 Å². The molecular formula is C16H18N3O2+. The molecule has 108 valence electrons. The average Bonchev–Trinajstić information content (AvgIpc) is 2.91. The lowest BCUT2D eigenvalue weighted by molar-refractivity contribution is -0.331. The van der Waals surface area contributed by atoms with Crippen molar-refractivity contribution in [2.75, 3.05) is 11.4 Å². The largest absolute Gasteiger partial charge is 0.369 e. The Morgan fingerprint density at radius 3 is 3.10 bits per heavy atom. The third-order valence-corrected chi connectivity index (χ3v) is 4.46. The number of fused-ring (bicyclic) bond motifs is 4. The molecule has 3 N–H and O–H groups in total. The monoisotopic (exact) mass is 284 g/mol. The van der Waals surface area contributed by atoms with E-state index >= 15 is 0 Å². The fraction of sp³-hybridized carbons (Fsp3) is 0.375. The van der Waals surface area contributed by atoms with Crippen LogP contribution in [-0.4, -0.2) is 23.6 Å². The normalized spacial score (nSPS) is 24.5. The van der Waals surface area contributed by atoms with Crippen molar-refractivity contribution >= 4 is 22.6 Å². The molecule has 5 heteroatoms. The van der Waals surface area contributed by atoms with E-state index in [-0.39, 0.29) is 11.9 Å². The Hall–Kier alpha value is -2.14. The molecule has 1 amide bonds. The van der Waals surface area contributed by atoms with E-state index in [1.54, 1.807) is 0 Å². The number of carbonyl (C=O) groups is 1. The van der Waals surface area contributed by atoms with Gasteiger partial charge >= 0.3 is 0 Å². The summed E-state index contributed by atoms with van der Waals surface area (Å²) in [6, 6.07) is 7.97. The number of nitrogens with one attached hydrogen (secondary N) is 2. The van der Waals surface area contributed by atoms with Crippen LogP contribution >= 0.6 is 0 Å². The number of aryl methyl sites for hydroxylation is 1. The first-order valence-electron chi connectivity index (χ1n) is 7.35. The number of aliphatic hydroxyl groups excluding tert-OH is 1. The lowest BCUT2D eigenvalue weighted by Crippen LogP contribution is -2.42. The van der Waals surface area contributed by atoms with Crippen molar-refractivity contribution in [1.29, 1.82) is 0 Å². The summed E-state index contributed by atoms with van der Waals surface area (Å²) in [5, 5.41) is 14.1. The van der Waals surface area contributed by atoms with E-state index in [1.807, 2.05) is 19.1 Å². The summed E-state index contributed by atoms with van der Waals surface area (Å²) in [4.78, 5) is 17.7. The molecule has 0 saturated carbocycles. The van der Waals surface area contributed by atoms with Gasteiger partial charge in [0.25, 0.3) is 11.7 Å². The maximum atomic E-state index is 12.2. The molecule has 4 rings (SSSR count). The first-order chi connectivity index (χ1) is 10.1. The van der Waals surface area contributed by atoms with Crippen LogP contribution in [0.3, 0.4) is 0 Å². The quantitative estimate of drug-likeness (QED) is 0.760. The SMILES string of the molecule is Cc1ccc2[nH+]c3c(cc2c1)[C@H](O)NC(=O)[C@H]1CCCN31. The number of hydrogen-bond donors (Lipinski definition) is 2. The number of anilines is 1. The van der Waals surface area contributed by atoms with Crippen molar-refractivity contribution in [3.05, 3.63) is 35.4 Å². The van der Waals surface area contributed by atoms with E-state index in [2.05, 4.69) is 27.3 Å². The van der Waals surface area contributed by atoms with Gasteiger partial charge in [-0.05, 0) is 31.5 Å². The summed E-state index contributed by atoms with van der Waals surface area (Å²) in [7, 11) is 0. The van der Waals surface area contributed by atoms with E-state index in [1.165, 1.54) is 5.56 Å². The zero-order valence-electron chi connectivity index (χ0n) is 11.9. The molecule has 5 nitrogen and oxygen atoms in total. The van der Waals surface area contributed by atoms with Crippen molar-refractivity contribution in [2.45, 2.75) is 32.0 Å². The van der Waals surface area contributed by atoms with Gasteiger partial charge < -0.3 is 10.4 Å². The number of H-pyrrole nitrogens is 1. The van der Waals surface area contributed by atoms with Crippen molar-refractivity contribution in [2.24, 2.45) is 0 Å². The molecule has 1 saturated heterocycles. The van der Waals surface area contributed by atoms with Gasteiger partial charge in [-0.15, -0.1) is 0 Å². The fourth-order valence-corrected chi connectivity index (χ4v) is 3.41. The molecule has 21 heavy (non-hydrogen) atoms. The standard InChI is InChI=1S/C16H17N3O2/c1-9-4-5-12-10(7-9)8-11-14(17-12)19-6-2-3-13(19)16(21)18-15(11)20/h4-5,7-8,13,15,20H,2-3,6H2,1H3,(H,18,21)/p+1/t13-,15+/m1/s1. The molecule has 2 aliphatic heterocycles. The van der Waals surface area contributed by atoms with Crippen LogP contribution in [0.1, 0.15) is 30.2 Å². The topological polar surface area (TPSA) is 66.7 Å². The summed E-state index contributed by atoms with van der Waals surface area (Å²) in [6.07, 6.45) is 0.866. The predicted molar refractivity (Wildman–Crippen MR) is 78.7 cm³/mol. The minimum Gasteiger partial charge on any atom is -0.369 e. The first kappa shape index (κ1) is 12.6. The number of carbonyl (C=O) groups excluding carboxylic acids is 1. The van der Waals surface area contributed by atoms with Gasteiger partial charge in [0, 0.05) is 11.8 Å². The molecule has 2 aromatic rings. The molecule has 2 aliphatic rings. The number of hydrogen-bond acceptors (Lipinski definition) is 3. The van der Waals surface area contributed by atoms with Gasteiger partial charge in [0.1, 0.15) is 5.52 Å². The molecule has 0 unspecified atom stereocenters. The van der Waals surface area contributed by atoms with Crippen LogP contribution < -0.4 is 15.2 Å². The van der Waals surface area contributed by atoms with Crippen LogP contribution in [0.15, 0.2) is 24.3 Å². The predicted octanol–water partition coefficient (Wildman–Crippen LogP) is 1.05. The molecule has 3 heterocycles. The molecule has 1 aromatic carbocycles. The number of aromatic amines is 1. The van der Waals surface area contributed by atoms with Gasteiger partial charge in [-0.1, -0.05) is 11.6 Å². The Morgan fingerprint density at radius 1 is 1.38 bits per heavy atom.